The Labute approximate surface area is 154 Å². The number of pyridine rings is 2. The zero-order valence-corrected chi connectivity index (χ0v) is 14.6. The summed E-state index contributed by atoms with van der Waals surface area (Å²) in [4.78, 5) is 20.6. The van der Waals surface area contributed by atoms with Crippen LogP contribution in [0.15, 0.2) is 30.5 Å². The molecule has 2 aromatic heterocycles. The maximum Gasteiger partial charge on any atom is 0.248 e. The number of hydrogen-bond donors (Lipinski definition) is 3. The number of aromatic nitrogens is 2. The van der Waals surface area contributed by atoms with Crippen molar-refractivity contribution in [2.75, 3.05) is 11.1 Å². The second-order valence-corrected chi connectivity index (χ2v) is 6.48. The molecule has 0 aromatic carbocycles. The van der Waals surface area contributed by atoms with Crippen LogP contribution in [0.5, 0.6) is 0 Å². The van der Waals surface area contributed by atoms with Crippen LogP contribution in [0.25, 0.3) is 6.08 Å². The van der Waals surface area contributed by atoms with E-state index in [4.69, 9.17) is 34.3 Å². The minimum Gasteiger partial charge on any atom is -0.383 e. The average Bonchev–Trinajstić information content (AvgIpc) is 3.37. The Morgan fingerprint density at radius 3 is 2.80 bits per heavy atom. The van der Waals surface area contributed by atoms with Crippen molar-refractivity contribution in [2.24, 2.45) is 0 Å². The fourth-order valence-corrected chi connectivity index (χ4v) is 2.65. The van der Waals surface area contributed by atoms with Gasteiger partial charge in [-0.2, -0.15) is 0 Å². The third-order valence-corrected chi connectivity index (χ3v) is 4.11. The van der Waals surface area contributed by atoms with Crippen LogP contribution in [0.4, 0.5) is 11.5 Å². The van der Waals surface area contributed by atoms with Crippen molar-refractivity contribution < 1.29 is 4.79 Å². The quantitative estimate of drug-likeness (QED) is 0.545. The molecule has 0 spiro atoms. The zero-order chi connectivity index (χ0) is 18.0. The summed E-state index contributed by atoms with van der Waals surface area (Å²) in [7, 11) is 0. The second kappa shape index (κ2) is 7.21. The molecule has 1 aliphatic rings. The molecule has 25 heavy (non-hydrogen) atoms. The molecule has 2 heterocycles. The van der Waals surface area contributed by atoms with E-state index in [0.717, 1.165) is 18.5 Å². The number of carbonyl (C=O) groups excluding carboxylic acids is 1. The average molecular weight is 376 g/mol. The highest BCUT2D eigenvalue weighted by Crippen LogP contribution is 2.42. The van der Waals surface area contributed by atoms with E-state index in [0.29, 0.717) is 27.9 Å². The van der Waals surface area contributed by atoms with Gasteiger partial charge < -0.3 is 11.1 Å². The van der Waals surface area contributed by atoms with E-state index in [9.17, 15) is 4.79 Å². The molecule has 128 valence electrons. The SMILES string of the molecule is N=C(Cl)c1ccc(/C=C/C(=O)Nc2cc(Cl)cnc2C2CC2)nc1N. The highest BCUT2D eigenvalue weighted by atomic mass is 35.5. The highest BCUT2D eigenvalue weighted by molar-refractivity contribution is 6.69. The molecule has 8 heteroatoms. The number of nitrogens with one attached hydrogen (secondary N) is 2. The van der Waals surface area contributed by atoms with Gasteiger partial charge in [0, 0.05) is 18.2 Å². The van der Waals surface area contributed by atoms with Gasteiger partial charge in [0.2, 0.25) is 5.91 Å². The maximum absolute atomic E-state index is 12.2. The van der Waals surface area contributed by atoms with Gasteiger partial charge in [-0.3, -0.25) is 15.2 Å². The summed E-state index contributed by atoms with van der Waals surface area (Å²) < 4.78 is 0. The van der Waals surface area contributed by atoms with E-state index in [1.807, 2.05) is 0 Å². The number of anilines is 2. The summed E-state index contributed by atoms with van der Waals surface area (Å²) in [6.45, 7) is 0. The number of rotatable bonds is 5. The number of carbonyl (C=O) groups is 1. The topological polar surface area (TPSA) is 105 Å². The van der Waals surface area contributed by atoms with Gasteiger partial charge in [0.25, 0.3) is 0 Å². The van der Waals surface area contributed by atoms with Crippen LogP contribution in [-0.4, -0.2) is 21.0 Å². The standard InChI is InChI=1S/C17H15Cl2N5O/c18-10-7-13(15(22-8-10)9-1-2-9)24-14(25)6-4-11-3-5-12(16(19)20)17(21)23-11/h3-9,20H,1-2H2,(H2,21,23)(H,24,25)/b6-4+,20-16?. The largest absolute Gasteiger partial charge is 0.383 e. The van der Waals surface area contributed by atoms with Crippen molar-refractivity contribution >= 4 is 51.9 Å². The van der Waals surface area contributed by atoms with Crippen LogP contribution in [0, 0.1) is 5.41 Å². The Balaban J connectivity index is 1.73. The Bertz CT molecular complexity index is 877. The minimum atomic E-state index is -0.319. The number of nitrogens with two attached hydrogens (primary N) is 1. The molecule has 1 fully saturated rings. The van der Waals surface area contributed by atoms with E-state index in [1.165, 1.54) is 12.2 Å². The Morgan fingerprint density at radius 1 is 1.40 bits per heavy atom. The number of amides is 1. The Hall–Kier alpha value is -2.44. The molecule has 0 atom stereocenters. The van der Waals surface area contributed by atoms with Crippen LogP contribution in [0.3, 0.4) is 0 Å². The number of hydrogen-bond acceptors (Lipinski definition) is 5. The first-order valence-corrected chi connectivity index (χ1v) is 8.35. The smallest absolute Gasteiger partial charge is 0.248 e. The van der Waals surface area contributed by atoms with Gasteiger partial charge in [-0.1, -0.05) is 23.2 Å². The lowest BCUT2D eigenvalue weighted by atomic mass is 10.2. The third-order valence-electron chi connectivity index (χ3n) is 3.70. The van der Waals surface area contributed by atoms with Crippen molar-refractivity contribution in [3.05, 3.63) is 52.4 Å². The molecule has 4 N–H and O–H groups in total. The number of nitrogen functional groups attached to an aromatic ring is 1. The van der Waals surface area contributed by atoms with Gasteiger partial charge in [0.1, 0.15) is 11.0 Å². The molecule has 0 bridgehead atoms. The molecule has 1 amide bonds. The predicted molar refractivity (Wildman–Crippen MR) is 100 cm³/mol. The second-order valence-electron chi connectivity index (χ2n) is 5.67. The summed E-state index contributed by atoms with van der Waals surface area (Å²) in [5, 5.41) is 10.5. The maximum atomic E-state index is 12.2. The molecule has 3 rings (SSSR count). The van der Waals surface area contributed by atoms with Gasteiger partial charge in [0.05, 0.1) is 27.7 Å². The summed E-state index contributed by atoms with van der Waals surface area (Å²) in [6.07, 6.45) is 6.60. The third kappa shape index (κ3) is 4.35. The molecule has 0 unspecified atom stereocenters. The Morgan fingerprint density at radius 2 is 2.16 bits per heavy atom. The van der Waals surface area contributed by atoms with E-state index in [1.54, 1.807) is 24.4 Å². The van der Waals surface area contributed by atoms with Crippen LogP contribution >= 0.6 is 23.2 Å². The first kappa shape index (κ1) is 17.4. The van der Waals surface area contributed by atoms with Crippen molar-refractivity contribution in [1.82, 2.24) is 9.97 Å². The van der Waals surface area contributed by atoms with E-state index in [-0.39, 0.29) is 16.9 Å². The molecule has 2 aromatic rings. The van der Waals surface area contributed by atoms with Gasteiger partial charge >= 0.3 is 0 Å². The fraction of sp³-hybridized carbons (Fsp3) is 0.176. The molecule has 0 radical (unpaired) electrons. The lowest BCUT2D eigenvalue weighted by Crippen LogP contribution is -2.10. The van der Waals surface area contributed by atoms with Crippen molar-refractivity contribution in [1.29, 1.82) is 5.41 Å². The van der Waals surface area contributed by atoms with E-state index < -0.39 is 0 Å². The number of nitrogens with zero attached hydrogens (tertiary/aromatic N) is 2. The molecule has 0 aliphatic heterocycles. The fourth-order valence-electron chi connectivity index (χ4n) is 2.34. The predicted octanol–water partition coefficient (Wildman–Crippen LogP) is 3.81. The molecule has 1 aliphatic carbocycles. The normalized spacial score (nSPS) is 13.8. The van der Waals surface area contributed by atoms with Crippen LogP contribution in [0.1, 0.15) is 35.7 Å². The van der Waals surface area contributed by atoms with E-state index in [2.05, 4.69) is 15.3 Å². The molecule has 0 saturated heterocycles. The summed E-state index contributed by atoms with van der Waals surface area (Å²) >= 11 is 11.6. The highest BCUT2D eigenvalue weighted by Gasteiger charge is 2.28. The van der Waals surface area contributed by atoms with Crippen molar-refractivity contribution in [3.63, 3.8) is 0 Å². The first-order valence-electron chi connectivity index (χ1n) is 7.59. The Kier molecular flexibility index (Phi) is 5.01. The van der Waals surface area contributed by atoms with Gasteiger partial charge in [-0.05, 0) is 37.1 Å². The van der Waals surface area contributed by atoms with Crippen LogP contribution in [0.2, 0.25) is 5.02 Å². The van der Waals surface area contributed by atoms with Crippen molar-refractivity contribution in [2.45, 2.75) is 18.8 Å². The van der Waals surface area contributed by atoms with Crippen LogP contribution in [-0.2, 0) is 4.79 Å². The summed E-state index contributed by atoms with van der Waals surface area (Å²) in [6, 6.07) is 4.91. The minimum absolute atomic E-state index is 0.137. The zero-order valence-electron chi connectivity index (χ0n) is 13.1. The lowest BCUT2D eigenvalue weighted by Gasteiger charge is -2.08. The summed E-state index contributed by atoms with van der Waals surface area (Å²) in [5.41, 5.74) is 8.06. The van der Waals surface area contributed by atoms with Gasteiger partial charge in [-0.25, -0.2) is 4.98 Å². The molecular weight excluding hydrogens is 361 g/mol. The summed E-state index contributed by atoms with van der Waals surface area (Å²) in [5.74, 6) is 0.203. The molecule has 6 nitrogen and oxygen atoms in total. The molecule has 1 saturated carbocycles. The number of halogens is 2. The molecular formula is C17H15Cl2N5O. The van der Waals surface area contributed by atoms with Gasteiger partial charge in [-0.15, -0.1) is 0 Å². The van der Waals surface area contributed by atoms with Crippen LogP contribution < -0.4 is 11.1 Å². The first-order chi connectivity index (χ1) is 11.9. The lowest BCUT2D eigenvalue weighted by molar-refractivity contribution is -0.111. The van der Waals surface area contributed by atoms with Gasteiger partial charge in [0.15, 0.2) is 0 Å². The van der Waals surface area contributed by atoms with E-state index >= 15 is 0 Å². The van der Waals surface area contributed by atoms with Crippen molar-refractivity contribution in [3.8, 4) is 0 Å². The monoisotopic (exact) mass is 375 g/mol.